The Balaban J connectivity index is 2.06. The van der Waals surface area contributed by atoms with Gasteiger partial charge in [-0.25, -0.2) is 4.98 Å². The fourth-order valence-electron chi connectivity index (χ4n) is 2.62. The number of aromatic nitrogens is 2. The van der Waals surface area contributed by atoms with Gasteiger partial charge in [0.2, 0.25) is 5.95 Å². The number of hydrogen-bond acceptors (Lipinski definition) is 3. The molecule has 0 aliphatic heterocycles. The molecule has 1 N–H and O–H groups in total. The van der Waals surface area contributed by atoms with Crippen LogP contribution in [0.5, 0.6) is 0 Å². The zero-order chi connectivity index (χ0) is 16.8. The van der Waals surface area contributed by atoms with Gasteiger partial charge in [-0.1, -0.05) is 12.1 Å². The molecule has 23 heavy (non-hydrogen) atoms. The lowest BCUT2D eigenvalue weighted by atomic mass is 10.1. The molecule has 0 aliphatic carbocycles. The number of anilines is 1. The molecule has 5 nitrogen and oxygen atoms in total. The van der Waals surface area contributed by atoms with Gasteiger partial charge in [0.05, 0.1) is 11.0 Å². The lowest BCUT2D eigenvalue weighted by Gasteiger charge is -2.24. The first kappa shape index (κ1) is 15.8. The van der Waals surface area contributed by atoms with Crippen LogP contribution in [-0.2, 0) is 5.54 Å². The third-order valence-corrected chi connectivity index (χ3v) is 3.94. The van der Waals surface area contributed by atoms with Crippen LogP contribution >= 0.6 is 15.9 Å². The minimum atomic E-state index is -0.311. The van der Waals surface area contributed by atoms with Crippen molar-refractivity contribution in [3.05, 3.63) is 46.3 Å². The van der Waals surface area contributed by atoms with E-state index in [1.807, 2.05) is 35.8 Å². The number of rotatable bonds is 2. The van der Waals surface area contributed by atoms with Crippen molar-refractivity contribution in [2.75, 3.05) is 5.32 Å². The Morgan fingerprint density at radius 2 is 2.00 bits per heavy atom. The number of halogens is 1. The smallest absolute Gasteiger partial charge is 0.294 e. The number of fused-ring (bicyclic) bond motifs is 1. The van der Waals surface area contributed by atoms with Crippen molar-refractivity contribution in [1.82, 2.24) is 9.55 Å². The minimum Gasteiger partial charge on any atom is -0.444 e. The highest BCUT2D eigenvalue weighted by Gasteiger charge is 2.24. The molecule has 3 aromatic rings. The Morgan fingerprint density at radius 3 is 2.61 bits per heavy atom. The summed E-state index contributed by atoms with van der Waals surface area (Å²) in [6, 6.07) is 9.59. The second-order valence-corrected chi connectivity index (χ2v) is 7.23. The highest BCUT2D eigenvalue weighted by molar-refractivity contribution is 9.10. The summed E-state index contributed by atoms with van der Waals surface area (Å²) >= 11 is 3.24. The number of hydrogen-bond donors (Lipinski definition) is 1. The second-order valence-electron chi connectivity index (χ2n) is 6.45. The van der Waals surface area contributed by atoms with Crippen LogP contribution in [0.15, 0.2) is 39.4 Å². The lowest BCUT2D eigenvalue weighted by Crippen LogP contribution is -2.26. The average molecular weight is 376 g/mol. The molecular weight excluding hydrogens is 358 g/mol. The number of carbonyl (C=O) groups excluding carboxylic acids is 1. The Labute approximate surface area is 142 Å². The number of para-hydroxylation sites is 2. The van der Waals surface area contributed by atoms with Gasteiger partial charge in [0.1, 0.15) is 0 Å². The van der Waals surface area contributed by atoms with E-state index >= 15 is 0 Å². The van der Waals surface area contributed by atoms with Gasteiger partial charge >= 0.3 is 0 Å². The van der Waals surface area contributed by atoms with Crippen molar-refractivity contribution in [1.29, 1.82) is 0 Å². The molecule has 120 valence electrons. The maximum absolute atomic E-state index is 12.5. The number of imidazole rings is 1. The van der Waals surface area contributed by atoms with Crippen LogP contribution in [0.1, 0.15) is 36.9 Å². The molecule has 0 unspecified atom stereocenters. The number of amides is 1. The monoisotopic (exact) mass is 375 g/mol. The summed E-state index contributed by atoms with van der Waals surface area (Å²) in [4.78, 5) is 17.1. The van der Waals surface area contributed by atoms with Gasteiger partial charge in [-0.05, 0) is 61.8 Å². The molecule has 0 fully saturated rings. The Morgan fingerprint density at radius 1 is 1.30 bits per heavy atom. The van der Waals surface area contributed by atoms with Gasteiger partial charge in [0.15, 0.2) is 10.4 Å². The van der Waals surface area contributed by atoms with Crippen molar-refractivity contribution < 1.29 is 9.21 Å². The topological polar surface area (TPSA) is 60.1 Å². The van der Waals surface area contributed by atoms with Crippen LogP contribution in [0.3, 0.4) is 0 Å². The van der Waals surface area contributed by atoms with Gasteiger partial charge in [0.25, 0.3) is 5.91 Å². The molecule has 0 bridgehead atoms. The third kappa shape index (κ3) is 2.91. The molecule has 0 saturated carbocycles. The summed E-state index contributed by atoms with van der Waals surface area (Å²) in [5.74, 6) is 0.481. The first-order chi connectivity index (χ1) is 10.8. The van der Waals surface area contributed by atoms with E-state index in [1.54, 1.807) is 6.07 Å². The van der Waals surface area contributed by atoms with E-state index in [1.165, 1.54) is 0 Å². The lowest BCUT2D eigenvalue weighted by molar-refractivity contribution is 0.0993. The van der Waals surface area contributed by atoms with E-state index in [4.69, 9.17) is 4.42 Å². The molecule has 2 aromatic heterocycles. The molecule has 6 heteroatoms. The van der Waals surface area contributed by atoms with Crippen molar-refractivity contribution in [3.63, 3.8) is 0 Å². The molecule has 1 aromatic carbocycles. The van der Waals surface area contributed by atoms with E-state index in [-0.39, 0.29) is 17.2 Å². The summed E-state index contributed by atoms with van der Waals surface area (Å²) in [6.07, 6.45) is 0. The average Bonchev–Trinajstić information content (AvgIpc) is 2.97. The first-order valence-corrected chi connectivity index (χ1v) is 8.12. The zero-order valence-electron chi connectivity index (χ0n) is 13.5. The predicted octanol–water partition coefficient (Wildman–Crippen LogP) is 4.71. The SMILES string of the molecule is Cc1cc(Br)oc1C(=O)Nc1nc2ccccc2n1C(C)(C)C. The van der Waals surface area contributed by atoms with Crippen LogP contribution in [0.2, 0.25) is 0 Å². The largest absolute Gasteiger partial charge is 0.444 e. The summed E-state index contributed by atoms with van der Waals surface area (Å²) in [6.45, 7) is 8.05. The van der Waals surface area contributed by atoms with Gasteiger partial charge in [-0.2, -0.15) is 0 Å². The highest BCUT2D eigenvalue weighted by atomic mass is 79.9. The fourth-order valence-corrected chi connectivity index (χ4v) is 3.12. The van der Waals surface area contributed by atoms with Crippen LogP contribution in [-0.4, -0.2) is 15.5 Å². The number of aryl methyl sites for hydroxylation is 1. The zero-order valence-corrected chi connectivity index (χ0v) is 15.1. The van der Waals surface area contributed by atoms with Gasteiger partial charge in [0, 0.05) is 11.1 Å². The normalized spacial score (nSPS) is 11.9. The number of nitrogens with zero attached hydrogens (tertiary/aromatic N) is 2. The Bertz CT molecular complexity index is 887. The van der Waals surface area contributed by atoms with E-state index in [0.29, 0.717) is 10.6 Å². The number of benzene rings is 1. The van der Waals surface area contributed by atoms with Crippen LogP contribution < -0.4 is 5.32 Å². The summed E-state index contributed by atoms with van der Waals surface area (Å²) < 4.78 is 7.97. The fraction of sp³-hybridized carbons (Fsp3) is 0.294. The minimum absolute atomic E-state index is 0.225. The van der Waals surface area contributed by atoms with Crippen molar-refractivity contribution in [2.24, 2.45) is 0 Å². The highest BCUT2D eigenvalue weighted by Crippen LogP contribution is 2.28. The molecule has 0 radical (unpaired) electrons. The van der Waals surface area contributed by atoms with Crippen LogP contribution in [0, 0.1) is 6.92 Å². The molecule has 0 aliphatic rings. The first-order valence-electron chi connectivity index (χ1n) is 7.32. The summed E-state index contributed by atoms with van der Waals surface area (Å²) in [5, 5.41) is 2.88. The summed E-state index contributed by atoms with van der Waals surface area (Å²) in [5.41, 5.74) is 2.37. The number of nitrogens with one attached hydrogen (secondary N) is 1. The summed E-state index contributed by atoms with van der Waals surface area (Å²) in [7, 11) is 0. The van der Waals surface area contributed by atoms with E-state index in [2.05, 4.69) is 47.0 Å². The Kier molecular flexibility index (Phi) is 3.80. The van der Waals surface area contributed by atoms with Gasteiger partial charge < -0.3 is 8.98 Å². The molecular formula is C17H18BrN3O2. The Hall–Kier alpha value is -2.08. The van der Waals surface area contributed by atoms with E-state index in [9.17, 15) is 4.79 Å². The van der Waals surface area contributed by atoms with Gasteiger partial charge in [-0.15, -0.1) is 0 Å². The van der Waals surface area contributed by atoms with E-state index < -0.39 is 0 Å². The molecule has 0 saturated heterocycles. The molecule has 2 heterocycles. The van der Waals surface area contributed by atoms with Crippen LogP contribution in [0.4, 0.5) is 5.95 Å². The van der Waals surface area contributed by atoms with E-state index in [0.717, 1.165) is 16.6 Å². The second kappa shape index (κ2) is 5.53. The van der Waals surface area contributed by atoms with Gasteiger partial charge in [-0.3, -0.25) is 10.1 Å². The molecule has 3 rings (SSSR count). The third-order valence-electron chi connectivity index (χ3n) is 3.55. The van der Waals surface area contributed by atoms with Crippen LogP contribution in [0.25, 0.3) is 11.0 Å². The standard InChI is InChI=1S/C17H18BrN3O2/c1-10-9-13(18)23-14(10)15(22)20-16-19-11-7-5-6-8-12(11)21(16)17(2,3)4/h5-9H,1-4H3,(H,19,20,22). The molecule has 0 atom stereocenters. The molecule has 0 spiro atoms. The number of furan rings is 1. The predicted molar refractivity (Wildman–Crippen MR) is 93.8 cm³/mol. The van der Waals surface area contributed by atoms with Crippen molar-refractivity contribution in [2.45, 2.75) is 33.2 Å². The number of carbonyl (C=O) groups is 1. The molecule has 1 amide bonds. The van der Waals surface area contributed by atoms with Crippen molar-refractivity contribution >= 4 is 38.8 Å². The quantitative estimate of drug-likeness (QED) is 0.705. The maximum atomic E-state index is 12.5. The van der Waals surface area contributed by atoms with Crippen molar-refractivity contribution in [3.8, 4) is 0 Å². The maximum Gasteiger partial charge on any atom is 0.294 e.